The van der Waals surface area contributed by atoms with E-state index in [0.717, 1.165) is 13.1 Å². The van der Waals surface area contributed by atoms with Gasteiger partial charge in [-0.2, -0.15) is 0 Å². The van der Waals surface area contributed by atoms with E-state index in [0.29, 0.717) is 24.5 Å². The lowest BCUT2D eigenvalue weighted by molar-refractivity contribution is -0.120. The first-order valence-electron chi connectivity index (χ1n) is 7.00. The van der Waals surface area contributed by atoms with E-state index in [1.165, 1.54) is 25.7 Å². The van der Waals surface area contributed by atoms with E-state index in [1.54, 1.807) is 7.11 Å². The zero-order chi connectivity index (χ0) is 13.4. The Balaban J connectivity index is 2.05. The largest absolute Gasteiger partial charge is 0.383 e. The van der Waals surface area contributed by atoms with Crippen LogP contribution in [0.5, 0.6) is 0 Å². The summed E-state index contributed by atoms with van der Waals surface area (Å²) in [6.45, 7) is 7.26. The fourth-order valence-electron chi connectivity index (χ4n) is 2.36. The van der Waals surface area contributed by atoms with E-state index in [2.05, 4.69) is 24.5 Å². The molecule has 0 aromatic carbocycles. The molecule has 0 saturated heterocycles. The number of amides is 1. The maximum absolute atomic E-state index is 11.6. The molecule has 18 heavy (non-hydrogen) atoms. The van der Waals surface area contributed by atoms with Gasteiger partial charge in [0.2, 0.25) is 5.91 Å². The van der Waals surface area contributed by atoms with Crippen molar-refractivity contribution in [2.75, 3.05) is 33.4 Å². The molecule has 0 atom stereocenters. The molecule has 4 heteroatoms. The van der Waals surface area contributed by atoms with Crippen LogP contribution in [0.1, 0.15) is 39.5 Å². The van der Waals surface area contributed by atoms with Crippen LogP contribution in [0.4, 0.5) is 0 Å². The van der Waals surface area contributed by atoms with Gasteiger partial charge in [-0.25, -0.2) is 0 Å². The van der Waals surface area contributed by atoms with Crippen molar-refractivity contribution in [3.8, 4) is 0 Å². The number of methoxy groups -OCH3 is 1. The summed E-state index contributed by atoms with van der Waals surface area (Å²) < 4.78 is 4.90. The van der Waals surface area contributed by atoms with Gasteiger partial charge in [-0.05, 0) is 37.0 Å². The molecule has 1 fully saturated rings. The summed E-state index contributed by atoms with van der Waals surface area (Å²) in [5.74, 6) is 0.761. The molecule has 1 rings (SSSR count). The third-order valence-electron chi connectivity index (χ3n) is 3.82. The zero-order valence-corrected chi connectivity index (χ0v) is 12.1. The van der Waals surface area contributed by atoms with E-state index in [4.69, 9.17) is 4.74 Å². The Morgan fingerprint density at radius 1 is 1.33 bits per heavy atom. The standard InChI is InChI=1S/C14H28N2O2/c1-14(2)6-4-12(5-7-14)10-16-13(17)11-15-8-9-18-3/h12,15H,4-11H2,1-3H3,(H,16,17). The van der Waals surface area contributed by atoms with Crippen molar-refractivity contribution in [2.45, 2.75) is 39.5 Å². The van der Waals surface area contributed by atoms with Crippen LogP contribution >= 0.6 is 0 Å². The van der Waals surface area contributed by atoms with Crippen molar-refractivity contribution in [1.82, 2.24) is 10.6 Å². The molecule has 0 aliphatic heterocycles. The molecule has 1 amide bonds. The van der Waals surface area contributed by atoms with E-state index in [-0.39, 0.29) is 5.91 Å². The number of carbonyl (C=O) groups excluding carboxylic acids is 1. The Morgan fingerprint density at radius 2 is 2.00 bits per heavy atom. The van der Waals surface area contributed by atoms with Gasteiger partial charge >= 0.3 is 0 Å². The molecule has 4 nitrogen and oxygen atoms in total. The molecule has 1 aliphatic rings. The number of hydrogen-bond acceptors (Lipinski definition) is 3. The Bertz CT molecular complexity index is 244. The molecule has 0 aromatic rings. The summed E-state index contributed by atoms with van der Waals surface area (Å²) in [5.41, 5.74) is 0.502. The quantitative estimate of drug-likeness (QED) is 0.680. The van der Waals surface area contributed by atoms with Crippen LogP contribution in [-0.4, -0.2) is 39.3 Å². The molecule has 0 spiro atoms. The van der Waals surface area contributed by atoms with Crippen molar-refractivity contribution >= 4 is 5.91 Å². The summed E-state index contributed by atoms with van der Waals surface area (Å²) in [6.07, 6.45) is 5.04. The highest BCUT2D eigenvalue weighted by molar-refractivity contribution is 5.77. The minimum atomic E-state index is 0.0935. The Hall–Kier alpha value is -0.610. The van der Waals surface area contributed by atoms with Crippen molar-refractivity contribution in [3.63, 3.8) is 0 Å². The van der Waals surface area contributed by atoms with Crippen LogP contribution in [0.15, 0.2) is 0 Å². The highest BCUT2D eigenvalue weighted by Crippen LogP contribution is 2.37. The first kappa shape index (κ1) is 15.4. The Kier molecular flexibility index (Phi) is 6.65. The van der Waals surface area contributed by atoms with Crippen LogP contribution in [0, 0.1) is 11.3 Å². The molecule has 0 heterocycles. The molecule has 0 unspecified atom stereocenters. The number of rotatable bonds is 7. The molecular weight excluding hydrogens is 228 g/mol. The van der Waals surface area contributed by atoms with Gasteiger partial charge in [-0.15, -0.1) is 0 Å². The molecule has 0 aromatic heterocycles. The fraction of sp³-hybridized carbons (Fsp3) is 0.929. The predicted octanol–water partition coefficient (Wildman–Crippen LogP) is 1.55. The van der Waals surface area contributed by atoms with Gasteiger partial charge in [0.25, 0.3) is 0 Å². The second-order valence-electron chi connectivity index (χ2n) is 6.08. The van der Waals surface area contributed by atoms with Crippen LogP contribution in [0.2, 0.25) is 0 Å². The van der Waals surface area contributed by atoms with Crippen molar-refractivity contribution in [1.29, 1.82) is 0 Å². The minimum Gasteiger partial charge on any atom is -0.383 e. The SMILES string of the molecule is COCCNCC(=O)NCC1CCC(C)(C)CC1. The number of nitrogens with one attached hydrogen (secondary N) is 2. The number of carbonyl (C=O) groups is 1. The van der Waals surface area contributed by atoms with E-state index < -0.39 is 0 Å². The number of ether oxygens (including phenoxy) is 1. The predicted molar refractivity (Wildman–Crippen MR) is 73.5 cm³/mol. The van der Waals surface area contributed by atoms with Gasteiger partial charge in [0.05, 0.1) is 13.2 Å². The average Bonchev–Trinajstić information content (AvgIpc) is 2.33. The van der Waals surface area contributed by atoms with Gasteiger partial charge in [-0.3, -0.25) is 4.79 Å². The van der Waals surface area contributed by atoms with Crippen molar-refractivity contribution < 1.29 is 9.53 Å². The zero-order valence-electron chi connectivity index (χ0n) is 12.1. The van der Waals surface area contributed by atoms with Gasteiger partial charge in [0, 0.05) is 20.2 Å². The molecular formula is C14H28N2O2. The van der Waals surface area contributed by atoms with Crippen molar-refractivity contribution in [2.24, 2.45) is 11.3 Å². The van der Waals surface area contributed by atoms with Gasteiger partial charge in [0.15, 0.2) is 0 Å². The smallest absolute Gasteiger partial charge is 0.233 e. The summed E-state index contributed by atoms with van der Waals surface area (Å²) in [4.78, 5) is 11.6. The van der Waals surface area contributed by atoms with Crippen molar-refractivity contribution in [3.05, 3.63) is 0 Å². The third kappa shape index (κ3) is 6.36. The number of hydrogen-bond donors (Lipinski definition) is 2. The van der Waals surface area contributed by atoms with Gasteiger partial charge < -0.3 is 15.4 Å². The van der Waals surface area contributed by atoms with E-state index in [1.807, 2.05) is 0 Å². The first-order valence-corrected chi connectivity index (χ1v) is 7.00. The van der Waals surface area contributed by atoms with E-state index in [9.17, 15) is 4.79 Å². The average molecular weight is 256 g/mol. The lowest BCUT2D eigenvalue weighted by atomic mass is 9.73. The molecule has 0 radical (unpaired) electrons. The van der Waals surface area contributed by atoms with Gasteiger partial charge in [-0.1, -0.05) is 13.8 Å². The molecule has 0 bridgehead atoms. The van der Waals surface area contributed by atoms with Crippen LogP contribution in [-0.2, 0) is 9.53 Å². The monoisotopic (exact) mass is 256 g/mol. The summed E-state index contributed by atoms with van der Waals surface area (Å²) in [7, 11) is 1.66. The van der Waals surface area contributed by atoms with Crippen LogP contribution in [0.25, 0.3) is 0 Å². The second-order valence-corrected chi connectivity index (χ2v) is 6.08. The minimum absolute atomic E-state index is 0.0935. The molecule has 106 valence electrons. The third-order valence-corrected chi connectivity index (χ3v) is 3.82. The lowest BCUT2D eigenvalue weighted by Crippen LogP contribution is -2.38. The maximum atomic E-state index is 11.6. The van der Waals surface area contributed by atoms with Crippen LogP contribution < -0.4 is 10.6 Å². The maximum Gasteiger partial charge on any atom is 0.233 e. The molecule has 2 N–H and O–H groups in total. The first-order chi connectivity index (χ1) is 8.53. The topological polar surface area (TPSA) is 50.4 Å². The Labute approximate surface area is 111 Å². The van der Waals surface area contributed by atoms with Crippen LogP contribution in [0.3, 0.4) is 0 Å². The normalized spacial score (nSPS) is 19.7. The highest BCUT2D eigenvalue weighted by atomic mass is 16.5. The second kappa shape index (κ2) is 7.74. The molecule has 1 aliphatic carbocycles. The Morgan fingerprint density at radius 3 is 2.61 bits per heavy atom. The van der Waals surface area contributed by atoms with E-state index >= 15 is 0 Å². The fourth-order valence-corrected chi connectivity index (χ4v) is 2.36. The lowest BCUT2D eigenvalue weighted by Gasteiger charge is -2.34. The summed E-state index contributed by atoms with van der Waals surface area (Å²) >= 11 is 0. The molecule has 1 saturated carbocycles. The summed E-state index contributed by atoms with van der Waals surface area (Å²) in [5, 5.41) is 6.06. The van der Waals surface area contributed by atoms with Gasteiger partial charge in [0.1, 0.15) is 0 Å². The highest BCUT2D eigenvalue weighted by Gasteiger charge is 2.26. The summed E-state index contributed by atoms with van der Waals surface area (Å²) in [6, 6.07) is 0.